The van der Waals surface area contributed by atoms with Crippen molar-refractivity contribution in [3.63, 3.8) is 0 Å². The SMILES string of the molecule is CCOC(=O)c1[nH]nc(/C(=N/O)c2ccccc2)c1-c1ccccc1. The van der Waals surface area contributed by atoms with Crippen LogP contribution in [0.25, 0.3) is 11.1 Å². The van der Waals surface area contributed by atoms with Crippen molar-refractivity contribution in [3.8, 4) is 11.1 Å². The van der Waals surface area contributed by atoms with Gasteiger partial charge in [0.05, 0.1) is 6.61 Å². The lowest BCUT2D eigenvalue weighted by atomic mass is 9.97. The summed E-state index contributed by atoms with van der Waals surface area (Å²) in [5.41, 5.74) is 2.86. The maximum Gasteiger partial charge on any atom is 0.357 e. The molecule has 3 rings (SSSR count). The summed E-state index contributed by atoms with van der Waals surface area (Å²) in [6.45, 7) is 1.99. The van der Waals surface area contributed by atoms with Crippen LogP contribution >= 0.6 is 0 Å². The van der Waals surface area contributed by atoms with Crippen LogP contribution in [0.1, 0.15) is 28.7 Å². The standard InChI is InChI=1S/C19H17N3O3/c1-2-25-19(23)18-15(13-9-5-3-6-10-13)17(20-21-18)16(22-24)14-11-7-4-8-12-14/h3-12,24H,2H2,1H3,(H,20,21)/b22-16+. The van der Waals surface area contributed by atoms with E-state index in [1.54, 1.807) is 6.92 Å². The minimum atomic E-state index is -0.509. The summed E-state index contributed by atoms with van der Waals surface area (Å²) in [5, 5.41) is 19.9. The van der Waals surface area contributed by atoms with Crippen LogP contribution in [-0.4, -0.2) is 33.7 Å². The van der Waals surface area contributed by atoms with Crippen LogP contribution in [0.4, 0.5) is 0 Å². The zero-order valence-electron chi connectivity index (χ0n) is 13.6. The molecule has 6 nitrogen and oxygen atoms in total. The van der Waals surface area contributed by atoms with E-state index in [9.17, 15) is 10.0 Å². The second-order valence-corrected chi connectivity index (χ2v) is 5.22. The number of aromatic nitrogens is 2. The van der Waals surface area contributed by atoms with Gasteiger partial charge in [-0.2, -0.15) is 5.10 Å². The Labute approximate surface area is 144 Å². The Balaban J connectivity index is 2.19. The number of carbonyl (C=O) groups excluding carboxylic acids is 1. The summed E-state index contributed by atoms with van der Waals surface area (Å²) in [7, 11) is 0. The summed E-state index contributed by atoms with van der Waals surface area (Å²) in [6, 6.07) is 18.5. The molecule has 0 aliphatic heterocycles. The van der Waals surface area contributed by atoms with Gasteiger partial charge in [0.25, 0.3) is 0 Å². The van der Waals surface area contributed by atoms with Crippen LogP contribution in [0.15, 0.2) is 65.8 Å². The number of hydrogen-bond acceptors (Lipinski definition) is 5. The molecule has 2 N–H and O–H groups in total. The molecule has 0 fully saturated rings. The molecule has 0 aliphatic carbocycles. The van der Waals surface area contributed by atoms with Crippen LogP contribution in [-0.2, 0) is 4.74 Å². The summed E-state index contributed by atoms with van der Waals surface area (Å²) < 4.78 is 5.11. The molecule has 0 saturated carbocycles. The van der Waals surface area contributed by atoms with E-state index < -0.39 is 5.97 Å². The van der Waals surface area contributed by atoms with Gasteiger partial charge < -0.3 is 9.94 Å². The molecular formula is C19H17N3O3. The Bertz CT molecular complexity index is 887. The third-order valence-corrected chi connectivity index (χ3v) is 3.68. The van der Waals surface area contributed by atoms with E-state index in [-0.39, 0.29) is 18.0 Å². The first kappa shape index (κ1) is 16.4. The molecule has 0 aliphatic rings. The molecule has 0 spiro atoms. The highest BCUT2D eigenvalue weighted by molar-refractivity contribution is 6.16. The second kappa shape index (κ2) is 7.44. The van der Waals surface area contributed by atoms with Crippen LogP contribution in [0.5, 0.6) is 0 Å². The number of aromatic amines is 1. The number of nitrogens with zero attached hydrogens (tertiary/aromatic N) is 2. The van der Waals surface area contributed by atoms with Crippen LogP contribution in [0, 0.1) is 0 Å². The summed E-state index contributed by atoms with van der Waals surface area (Å²) in [5.74, 6) is -0.509. The van der Waals surface area contributed by atoms with E-state index in [1.165, 1.54) is 0 Å². The number of esters is 1. The number of hydrogen-bond donors (Lipinski definition) is 2. The first-order valence-corrected chi connectivity index (χ1v) is 7.85. The molecule has 25 heavy (non-hydrogen) atoms. The number of ether oxygens (including phenoxy) is 1. The number of nitrogens with one attached hydrogen (secondary N) is 1. The smallest absolute Gasteiger partial charge is 0.357 e. The van der Waals surface area contributed by atoms with Gasteiger partial charge in [0.1, 0.15) is 11.4 Å². The average molecular weight is 335 g/mol. The Morgan fingerprint density at radius 2 is 1.76 bits per heavy atom. The van der Waals surface area contributed by atoms with Crippen LogP contribution < -0.4 is 0 Å². The Morgan fingerprint density at radius 1 is 1.12 bits per heavy atom. The molecule has 0 unspecified atom stereocenters. The fourth-order valence-electron chi connectivity index (χ4n) is 2.59. The lowest BCUT2D eigenvalue weighted by Gasteiger charge is -2.07. The minimum absolute atomic E-state index is 0.222. The summed E-state index contributed by atoms with van der Waals surface area (Å²) in [6.07, 6.45) is 0. The van der Waals surface area contributed by atoms with Crippen molar-refractivity contribution in [2.24, 2.45) is 5.16 Å². The number of carbonyl (C=O) groups is 1. The van der Waals surface area contributed by atoms with Crippen molar-refractivity contribution in [2.45, 2.75) is 6.92 Å². The van der Waals surface area contributed by atoms with Gasteiger partial charge in [-0.15, -0.1) is 0 Å². The average Bonchev–Trinajstić information content (AvgIpc) is 3.09. The van der Waals surface area contributed by atoms with Crippen molar-refractivity contribution < 1.29 is 14.7 Å². The van der Waals surface area contributed by atoms with E-state index in [0.29, 0.717) is 16.8 Å². The summed E-state index contributed by atoms with van der Waals surface area (Å²) >= 11 is 0. The third-order valence-electron chi connectivity index (χ3n) is 3.68. The highest BCUT2D eigenvalue weighted by atomic mass is 16.5. The number of benzene rings is 2. The largest absolute Gasteiger partial charge is 0.461 e. The first-order chi connectivity index (χ1) is 12.3. The van der Waals surface area contributed by atoms with Gasteiger partial charge in [-0.25, -0.2) is 4.79 Å². The lowest BCUT2D eigenvalue weighted by Crippen LogP contribution is -2.08. The van der Waals surface area contributed by atoms with Crippen molar-refractivity contribution in [2.75, 3.05) is 6.61 Å². The van der Waals surface area contributed by atoms with Crippen molar-refractivity contribution in [3.05, 3.63) is 77.6 Å². The van der Waals surface area contributed by atoms with E-state index in [1.807, 2.05) is 60.7 Å². The lowest BCUT2D eigenvalue weighted by molar-refractivity contribution is 0.0520. The quantitative estimate of drug-likeness (QED) is 0.323. The molecule has 6 heteroatoms. The molecule has 1 heterocycles. The topological polar surface area (TPSA) is 87.6 Å². The molecular weight excluding hydrogens is 318 g/mol. The van der Waals surface area contributed by atoms with Gasteiger partial charge in [-0.3, -0.25) is 5.10 Å². The second-order valence-electron chi connectivity index (χ2n) is 5.22. The maximum atomic E-state index is 12.3. The number of rotatable bonds is 5. The van der Waals surface area contributed by atoms with E-state index in [2.05, 4.69) is 15.4 Å². The molecule has 1 aromatic heterocycles. The van der Waals surface area contributed by atoms with E-state index in [0.717, 1.165) is 5.56 Å². The molecule has 0 radical (unpaired) electrons. The fourth-order valence-corrected chi connectivity index (χ4v) is 2.59. The van der Waals surface area contributed by atoms with Crippen LogP contribution in [0.2, 0.25) is 0 Å². The fraction of sp³-hybridized carbons (Fsp3) is 0.105. The first-order valence-electron chi connectivity index (χ1n) is 7.85. The van der Waals surface area contributed by atoms with E-state index in [4.69, 9.17) is 4.74 Å². The molecule has 0 amide bonds. The molecule has 2 aromatic carbocycles. The normalized spacial score (nSPS) is 11.3. The zero-order chi connectivity index (χ0) is 17.6. The van der Waals surface area contributed by atoms with Gasteiger partial charge in [-0.1, -0.05) is 65.8 Å². The van der Waals surface area contributed by atoms with Crippen molar-refractivity contribution in [1.82, 2.24) is 10.2 Å². The number of oxime groups is 1. The third kappa shape index (κ3) is 3.28. The molecule has 0 bridgehead atoms. The van der Waals surface area contributed by atoms with E-state index >= 15 is 0 Å². The predicted octanol–water partition coefficient (Wildman–Crippen LogP) is 3.48. The Hall–Kier alpha value is -3.41. The maximum absolute atomic E-state index is 12.3. The van der Waals surface area contributed by atoms with Crippen molar-refractivity contribution >= 4 is 11.7 Å². The Morgan fingerprint density at radius 3 is 2.36 bits per heavy atom. The predicted molar refractivity (Wildman–Crippen MR) is 93.8 cm³/mol. The highest BCUT2D eigenvalue weighted by Crippen LogP contribution is 2.28. The number of H-pyrrole nitrogens is 1. The van der Waals surface area contributed by atoms with Gasteiger partial charge in [0.15, 0.2) is 5.69 Å². The minimum Gasteiger partial charge on any atom is -0.461 e. The zero-order valence-corrected chi connectivity index (χ0v) is 13.6. The Kier molecular flexibility index (Phi) is 4.89. The van der Waals surface area contributed by atoms with Crippen LogP contribution in [0.3, 0.4) is 0 Å². The van der Waals surface area contributed by atoms with Crippen molar-refractivity contribution in [1.29, 1.82) is 0 Å². The molecule has 126 valence electrons. The molecule has 0 atom stereocenters. The van der Waals surface area contributed by atoms with Gasteiger partial charge in [-0.05, 0) is 12.5 Å². The monoisotopic (exact) mass is 335 g/mol. The molecule has 3 aromatic rings. The molecule has 0 saturated heterocycles. The highest BCUT2D eigenvalue weighted by Gasteiger charge is 2.25. The van der Waals surface area contributed by atoms with Gasteiger partial charge >= 0.3 is 5.97 Å². The summed E-state index contributed by atoms with van der Waals surface area (Å²) in [4.78, 5) is 12.3. The van der Waals surface area contributed by atoms with Gasteiger partial charge in [0.2, 0.25) is 0 Å². The van der Waals surface area contributed by atoms with Gasteiger partial charge in [0, 0.05) is 11.1 Å².